The molecule has 1 N–H and O–H groups in total. The molecule has 176 valence electrons. The molecule has 1 aromatic carbocycles. The van der Waals surface area contributed by atoms with Crippen LogP contribution in [0.4, 0.5) is 0 Å². The molecule has 4 nitrogen and oxygen atoms in total. The quantitative estimate of drug-likeness (QED) is 0.627. The Morgan fingerprint density at radius 1 is 1.03 bits per heavy atom. The predicted molar refractivity (Wildman–Crippen MR) is 124 cm³/mol. The van der Waals surface area contributed by atoms with Crippen LogP contribution in [0.15, 0.2) is 30.3 Å². The first kappa shape index (κ1) is 22.4. The van der Waals surface area contributed by atoms with Crippen LogP contribution >= 0.6 is 0 Å². The van der Waals surface area contributed by atoms with Gasteiger partial charge in [-0.25, -0.2) is 0 Å². The molecular formula is C28H40O4. The van der Waals surface area contributed by atoms with E-state index < -0.39 is 6.10 Å². The van der Waals surface area contributed by atoms with Crippen molar-refractivity contribution in [3.05, 3.63) is 35.9 Å². The molecule has 4 aliphatic rings. The molecule has 4 saturated carbocycles. The number of carbonyl (C=O) groups excluding carboxylic acids is 1. The van der Waals surface area contributed by atoms with E-state index in [1.807, 2.05) is 0 Å². The van der Waals surface area contributed by atoms with Crippen LogP contribution in [0.25, 0.3) is 0 Å². The van der Waals surface area contributed by atoms with Gasteiger partial charge in [-0.3, -0.25) is 4.79 Å². The summed E-state index contributed by atoms with van der Waals surface area (Å²) in [4.78, 5) is 11.5. The van der Waals surface area contributed by atoms with Crippen LogP contribution < -0.4 is 0 Å². The van der Waals surface area contributed by atoms with E-state index >= 15 is 0 Å². The van der Waals surface area contributed by atoms with Gasteiger partial charge in [-0.05, 0) is 91.4 Å². The highest BCUT2D eigenvalue weighted by atomic mass is 16.6. The van der Waals surface area contributed by atoms with Crippen molar-refractivity contribution >= 4 is 5.97 Å². The first-order valence-corrected chi connectivity index (χ1v) is 12.8. The second-order valence-corrected chi connectivity index (χ2v) is 11.7. The molecule has 32 heavy (non-hydrogen) atoms. The average molecular weight is 441 g/mol. The number of hydrogen-bond acceptors (Lipinski definition) is 4. The fourth-order valence-electron chi connectivity index (χ4n) is 8.60. The Hall–Kier alpha value is -1.39. The molecule has 0 spiro atoms. The van der Waals surface area contributed by atoms with Gasteiger partial charge < -0.3 is 14.6 Å². The lowest BCUT2D eigenvalue weighted by Crippen LogP contribution is -2.57. The highest BCUT2D eigenvalue weighted by Gasteiger charge is 2.61. The lowest BCUT2D eigenvalue weighted by Gasteiger charge is -2.61. The lowest BCUT2D eigenvalue weighted by atomic mass is 9.45. The molecule has 5 rings (SSSR count). The Morgan fingerprint density at radius 2 is 1.78 bits per heavy atom. The van der Waals surface area contributed by atoms with Crippen molar-refractivity contribution in [2.75, 3.05) is 0 Å². The van der Waals surface area contributed by atoms with Crippen molar-refractivity contribution in [1.82, 2.24) is 0 Å². The van der Waals surface area contributed by atoms with Gasteiger partial charge in [0.05, 0.1) is 18.8 Å². The van der Waals surface area contributed by atoms with Gasteiger partial charge in [0.2, 0.25) is 0 Å². The minimum absolute atomic E-state index is 0.156. The zero-order valence-corrected chi connectivity index (χ0v) is 20.0. The first-order chi connectivity index (χ1) is 15.3. The topological polar surface area (TPSA) is 55.8 Å². The maximum Gasteiger partial charge on any atom is 0.302 e. The summed E-state index contributed by atoms with van der Waals surface area (Å²) in [6.07, 6.45) is 8.49. The molecular weight excluding hydrogens is 400 g/mol. The first-order valence-electron chi connectivity index (χ1n) is 12.8. The van der Waals surface area contributed by atoms with Crippen LogP contribution in [0.1, 0.15) is 77.7 Å². The number of rotatable bonds is 4. The number of benzene rings is 1. The van der Waals surface area contributed by atoms with Gasteiger partial charge >= 0.3 is 5.97 Å². The summed E-state index contributed by atoms with van der Waals surface area (Å²) < 4.78 is 12.0. The molecule has 0 heterocycles. The number of esters is 1. The normalized spacial score (nSPS) is 45.4. The van der Waals surface area contributed by atoms with Crippen molar-refractivity contribution in [2.45, 2.75) is 97.1 Å². The molecule has 0 aromatic heterocycles. The minimum Gasteiger partial charge on any atom is -0.460 e. The minimum atomic E-state index is -0.530. The van der Waals surface area contributed by atoms with Crippen molar-refractivity contribution in [1.29, 1.82) is 0 Å². The molecule has 0 amide bonds. The Kier molecular flexibility index (Phi) is 5.90. The van der Waals surface area contributed by atoms with Crippen molar-refractivity contribution in [2.24, 2.45) is 34.5 Å². The van der Waals surface area contributed by atoms with Crippen LogP contribution in [0, 0.1) is 34.5 Å². The van der Waals surface area contributed by atoms with E-state index in [1.54, 1.807) is 0 Å². The van der Waals surface area contributed by atoms with E-state index in [4.69, 9.17) is 9.47 Å². The highest BCUT2D eigenvalue weighted by molar-refractivity contribution is 5.66. The molecule has 4 fully saturated rings. The molecule has 0 bridgehead atoms. The highest BCUT2D eigenvalue weighted by Crippen LogP contribution is 2.66. The second kappa shape index (κ2) is 8.43. The number of carbonyl (C=O) groups is 1. The van der Waals surface area contributed by atoms with Gasteiger partial charge in [0.15, 0.2) is 0 Å². The van der Waals surface area contributed by atoms with Crippen LogP contribution in [-0.4, -0.2) is 29.4 Å². The molecule has 0 radical (unpaired) electrons. The van der Waals surface area contributed by atoms with E-state index in [0.29, 0.717) is 24.5 Å². The van der Waals surface area contributed by atoms with Gasteiger partial charge in [-0.1, -0.05) is 44.2 Å². The third kappa shape index (κ3) is 3.72. The summed E-state index contributed by atoms with van der Waals surface area (Å²) in [5.74, 6) is 2.40. The molecule has 0 unspecified atom stereocenters. The number of ether oxygens (including phenoxy) is 2. The largest absolute Gasteiger partial charge is 0.460 e. The molecule has 9 atom stereocenters. The van der Waals surface area contributed by atoms with E-state index in [9.17, 15) is 9.90 Å². The number of hydrogen-bond donors (Lipinski definition) is 1. The second-order valence-electron chi connectivity index (χ2n) is 11.7. The Labute approximate surface area is 193 Å². The van der Waals surface area contributed by atoms with E-state index in [2.05, 4.69) is 44.2 Å². The monoisotopic (exact) mass is 440 g/mol. The predicted octanol–water partition coefficient (Wildman–Crippen LogP) is 5.52. The summed E-state index contributed by atoms with van der Waals surface area (Å²) in [5.41, 5.74) is 1.69. The fraction of sp³-hybridized carbons (Fsp3) is 0.750. The van der Waals surface area contributed by atoms with Crippen LogP contribution in [0.3, 0.4) is 0 Å². The van der Waals surface area contributed by atoms with Crippen LogP contribution in [0.5, 0.6) is 0 Å². The van der Waals surface area contributed by atoms with Crippen molar-refractivity contribution < 1.29 is 19.4 Å². The van der Waals surface area contributed by atoms with Gasteiger partial charge in [-0.15, -0.1) is 0 Å². The van der Waals surface area contributed by atoms with Crippen molar-refractivity contribution in [3.8, 4) is 0 Å². The summed E-state index contributed by atoms with van der Waals surface area (Å²) in [7, 11) is 0. The Morgan fingerprint density at radius 3 is 2.53 bits per heavy atom. The molecule has 0 aliphatic heterocycles. The maximum atomic E-state index is 11.5. The zero-order valence-electron chi connectivity index (χ0n) is 20.0. The number of aliphatic hydroxyl groups is 1. The number of fused-ring (bicyclic) bond motifs is 5. The lowest BCUT2D eigenvalue weighted by molar-refractivity contribution is -0.184. The Balaban J connectivity index is 1.29. The SMILES string of the molecule is CC(=O)O[C@@H]1C[C@@H]2CC[C@@H]3[C@H](CC[C@]4(C)[C@@H](OCc5ccccc5)CC[C@@H]34)[C@@]2(C)C[C@@H]1O. The van der Waals surface area contributed by atoms with Crippen molar-refractivity contribution in [3.63, 3.8) is 0 Å². The smallest absolute Gasteiger partial charge is 0.302 e. The summed E-state index contributed by atoms with van der Waals surface area (Å²) in [5, 5.41) is 10.9. The fourth-order valence-corrected chi connectivity index (χ4v) is 8.60. The summed E-state index contributed by atoms with van der Waals surface area (Å²) >= 11 is 0. The third-order valence-electron chi connectivity index (χ3n) is 10.2. The molecule has 1 aromatic rings. The standard InChI is InChI=1S/C28H40O4/c1-18(29)32-25-15-20-9-10-21-22-11-12-26(31-17-19-7-5-4-6-8-19)27(22,2)14-13-23(21)28(20,3)16-24(25)30/h4-8,20-26,30H,9-17H2,1-3H3/t20-,21-,22-,23-,24-,25+,26-,27-,28-/m0/s1. The van der Waals surface area contributed by atoms with Gasteiger partial charge in [0, 0.05) is 6.92 Å². The molecule has 4 heteroatoms. The van der Waals surface area contributed by atoms with Gasteiger partial charge in [-0.2, -0.15) is 0 Å². The summed E-state index contributed by atoms with van der Waals surface area (Å²) in [6, 6.07) is 10.6. The number of aliphatic hydroxyl groups excluding tert-OH is 1. The van der Waals surface area contributed by atoms with E-state index in [-0.39, 0.29) is 22.9 Å². The Bertz CT molecular complexity index is 824. The molecule has 0 saturated heterocycles. The van der Waals surface area contributed by atoms with E-state index in [0.717, 1.165) is 24.7 Å². The molecule has 4 aliphatic carbocycles. The third-order valence-corrected chi connectivity index (χ3v) is 10.2. The maximum absolute atomic E-state index is 11.5. The summed E-state index contributed by atoms with van der Waals surface area (Å²) in [6.45, 7) is 7.10. The van der Waals surface area contributed by atoms with Gasteiger partial charge in [0.25, 0.3) is 0 Å². The van der Waals surface area contributed by atoms with Gasteiger partial charge in [0.1, 0.15) is 6.10 Å². The van der Waals surface area contributed by atoms with E-state index in [1.165, 1.54) is 51.0 Å². The zero-order chi connectivity index (χ0) is 22.5. The van der Waals surface area contributed by atoms with Crippen LogP contribution in [-0.2, 0) is 20.9 Å². The average Bonchev–Trinajstić information content (AvgIpc) is 3.10. The van der Waals surface area contributed by atoms with Crippen LogP contribution in [0.2, 0.25) is 0 Å².